The fourth-order valence-electron chi connectivity index (χ4n) is 12.6. The summed E-state index contributed by atoms with van der Waals surface area (Å²) in [6.45, 7) is 24.7. The Morgan fingerprint density at radius 1 is 0.269 bits per heavy atom. The molecule has 2 heterocycles. The summed E-state index contributed by atoms with van der Waals surface area (Å²) in [4.78, 5) is 0. The Labute approximate surface area is 460 Å². The van der Waals surface area contributed by atoms with Gasteiger partial charge in [0.05, 0.1) is 0 Å². The van der Waals surface area contributed by atoms with Crippen molar-refractivity contribution in [2.75, 3.05) is 0 Å². The van der Waals surface area contributed by atoms with Crippen molar-refractivity contribution in [2.45, 2.75) is 93.2 Å². The zero-order chi connectivity index (χ0) is 53.8. The fourth-order valence-corrected chi connectivity index (χ4v) is 12.6. The van der Waals surface area contributed by atoms with Crippen LogP contribution >= 0.6 is 0 Å². The monoisotopic (exact) mass is 1010 g/mol. The van der Waals surface area contributed by atoms with Gasteiger partial charge in [-0.3, -0.25) is 0 Å². The topological polar surface area (TPSA) is 9.86 Å². The first-order valence-electron chi connectivity index (χ1n) is 28.2. The van der Waals surface area contributed by atoms with Gasteiger partial charge in [0.2, 0.25) is 0 Å². The van der Waals surface area contributed by atoms with Crippen LogP contribution in [0.3, 0.4) is 0 Å². The highest BCUT2D eigenvalue weighted by molar-refractivity contribution is 6.22. The van der Waals surface area contributed by atoms with E-state index >= 15 is 0 Å². The molecule has 2 aromatic heterocycles. The van der Waals surface area contributed by atoms with E-state index in [2.05, 4.69) is 285 Å². The van der Waals surface area contributed by atoms with Gasteiger partial charge in [-0.15, -0.1) is 0 Å². The molecular formula is C76H68N2. The van der Waals surface area contributed by atoms with Crippen LogP contribution in [0.25, 0.3) is 132 Å². The van der Waals surface area contributed by atoms with Crippen molar-refractivity contribution < 1.29 is 0 Å². The zero-order valence-corrected chi connectivity index (χ0v) is 46.9. The molecule has 0 unspecified atom stereocenters. The van der Waals surface area contributed by atoms with Gasteiger partial charge in [-0.05, 0) is 198 Å². The molecule has 382 valence electrons. The van der Waals surface area contributed by atoms with Gasteiger partial charge in [-0.1, -0.05) is 199 Å². The number of aromatic nitrogens is 2. The molecule has 0 fully saturated rings. The Morgan fingerprint density at radius 2 is 0.538 bits per heavy atom. The molecule has 0 atom stereocenters. The van der Waals surface area contributed by atoms with Crippen molar-refractivity contribution in [1.29, 1.82) is 0 Å². The largest absolute Gasteiger partial charge is 0.341 e. The van der Waals surface area contributed by atoms with Crippen molar-refractivity contribution in [1.82, 2.24) is 9.13 Å². The Balaban J connectivity index is 0.806. The third kappa shape index (κ3) is 8.24. The standard InChI is InChI=1S/C76H68N2/c1-11-77-69-37-33-57(43-63(69)65-45-59(75(5,6)7)35-39-71(65)77)53-21-17-49(18-22-53)51-25-29-55(30-26-51)73-61-15-13-14-16-62(61)74(68-42-48(4)47(3)41-67(68)73)56-31-27-52(28-32-56)50-19-23-54(24-20-50)58-34-38-70-64(44-58)66-46-60(76(8,9)10)36-40-72(66)78(70)12-2/h13-46H,11-12H2,1-10H3. The summed E-state index contributed by atoms with van der Waals surface area (Å²) in [5, 5.41) is 10.4. The predicted octanol–water partition coefficient (Wildman–Crippen LogP) is 21.5. The average Bonchev–Trinajstić information content (AvgIpc) is 4.04. The number of benzene rings is 11. The number of rotatable bonds is 8. The second-order valence-electron chi connectivity index (χ2n) is 24.0. The molecule has 0 N–H and O–H groups in total. The number of aryl methyl sites for hydroxylation is 4. The quantitative estimate of drug-likeness (QED) is 0.134. The van der Waals surface area contributed by atoms with Gasteiger partial charge in [0.15, 0.2) is 0 Å². The summed E-state index contributed by atoms with van der Waals surface area (Å²) in [7, 11) is 0. The van der Waals surface area contributed by atoms with Gasteiger partial charge < -0.3 is 9.13 Å². The van der Waals surface area contributed by atoms with Crippen LogP contribution < -0.4 is 0 Å². The van der Waals surface area contributed by atoms with E-state index in [1.54, 1.807) is 0 Å². The van der Waals surface area contributed by atoms with Gasteiger partial charge in [0.1, 0.15) is 0 Å². The lowest BCUT2D eigenvalue weighted by Crippen LogP contribution is -2.10. The van der Waals surface area contributed by atoms with E-state index in [4.69, 9.17) is 0 Å². The molecule has 0 radical (unpaired) electrons. The fraction of sp³-hybridized carbons (Fsp3) is 0.184. The highest BCUT2D eigenvalue weighted by Crippen LogP contribution is 2.46. The summed E-state index contributed by atoms with van der Waals surface area (Å²) in [6.07, 6.45) is 0. The van der Waals surface area contributed by atoms with E-state index < -0.39 is 0 Å². The number of hydrogen-bond donors (Lipinski definition) is 0. The van der Waals surface area contributed by atoms with Crippen LogP contribution in [-0.4, -0.2) is 9.13 Å². The van der Waals surface area contributed by atoms with Gasteiger partial charge in [0, 0.05) is 56.7 Å². The maximum atomic E-state index is 2.45. The van der Waals surface area contributed by atoms with E-state index in [1.807, 2.05) is 0 Å². The molecule has 0 aliphatic carbocycles. The zero-order valence-electron chi connectivity index (χ0n) is 46.9. The predicted molar refractivity (Wildman–Crippen MR) is 338 cm³/mol. The lowest BCUT2D eigenvalue weighted by Gasteiger charge is -2.19. The first-order valence-corrected chi connectivity index (χ1v) is 28.2. The summed E-state index contributed by atoms with van der Waals surface area (Å²) in [5.74, 6) is 0. The molecule has 13 aromatic rings. The molecule has 0 bridgehead atoms. The Morgan fingerprint density at radius 3 is 0.846 bits per heavy atom. The van der Waals surface area contributed by atoms with Gasteiger partial charge in [0.25, 0.3) is 0 Å². The Kier molecular flexibility index (Phi) is 11.7. The van der Waals surface area contributed by atoms with E-state index in [1.165, 1.54) is 154 Å². The third-order valence-electron chi connectivity index (χ3n) is 17.2. The van der Waals surface area contributed by atoms with E-state index in [9.17, 15) is 0 Å². The number of hydrogen-bond acceptors (Lipinski definition) is 0. The average molecular weight is 1010 g/mol. The molecule has 13 rings (SSSR count). The second-order valence-corrected chi connectivity index (χ2v) is 24.0. The molecule has 0 spiro atoms. The normalized spacial score (nSPS) is 12.3. The van der Waals surface area contributed by atoms with Crippen molar-refractivity contribution >= 4 is 65.2 Å². The van der Waals surface area contributed by atoms with Gasteiger partial charge >= 0.3 is 0 Å². The molecule has 11 aromatic carbocycles. The maximum absolute atomic E-state index is 2.45. The molecule has 0 aliphatic heterocycles. The SMILES string of the molecule is CCn1c2ccc(-c3ccc(-c4ccc(-c5c6ccccc6c(-c6ccc(-c7ccc(-c8ccc9c(c8)c8cc(C(C)(C)C)ccc8n9CC)cc7)cc6)c6cc(C)c(C)cc56)cc4)cc3)cc2c2cc(C(C)(C)C)ccc21. The van der Waals surface area contributed by atoms with Crippen molar-refractivity contribution in [3.8, 4) is 66.8 Å². The van der Waals surface area contributed by atoms with Crippen molar-refractivity contribution in [3.63, 3.8) is 0 Å². The lowest BCUT2D eigenvalue weighted by atomic mass is 9.84. The van der Waals surface area contributed by atoms with Crippen molar-refractivity contribution in [3.05, 3.63) is 229 Å². The molecule has 0 aliphatic rings. The van der Waals surface area contributed by atoms with Crippen LogP contribution in [0.5, 0.6) is 0 Å². The molecule has 0 amide bonds. The molecule has 0 saturated carbocycles. The summed E-state index contributed by atoms with van der Waals surface area (Å²) in [5.41, 5.74) is 25.5. The van der Waals surface area contributed by atoms with Crippen LogP contribution in [0.2, 0.25) is 0 Å². The Bertz CT molecular complexity index is 4200. The number of nitrogens with zero attached hydrogens (tertiary/aromatic N) is 2. The minimum Gasteiger partial charge on any atom is -0.341 e. The van der Waals surface area contributed by atoms with E-state index in [0.29, 0.717) is 0 Å². The minimum absolute atomic E-state index is 0.0883. The summed E-state index contributed by atoms with van der Waals surface area (Å²) in [6, 6.07) is 78.7. The third-order valence-corrected chi connectivity index (χ3v) is 17.2. The van der Waals surface area contributed by atoms with Crippen LogP contribution in [-0.2, 0) is 23.9 Å². The van der Waals surface area contributed by atoms with Crippen LogP contribution in [0, 0.1) is 13.8 Å². The van der Waals surface area contributed by atoms with Gasteiger partial charge in [-0.25, -0.2) is 0 Å². The highest BCUT2D eigenvalue weighted by Gasteiger charge is 2.22. The minimum atomic E-state index is 0.0883. The summed E-state index contributed by atoms with van der Waals surface area (Å²) >= 11 is 0. The molecule has 2 nitrogen and oxygen atoms in total. The van der Waals surface area contributed by atoms with Crippen LogP contribution in [0.1, 0.15) is 77.6 Å². The molecule has 0 saturated heterocycles. The lowest BCUT2D eigenvalue weighted by molar-refractivity contribution is 0.591. The maximum Gasteiger partial charge on any atom is 0.0491 e. The molecule has 2 heteroatoms. The molecule has 78 heavy (non-hydrogen) atoms. The van der Waals surface area contributed by atoms with Crippen molar-refractivity contribution in [2.24, 2.45) is 0 Å². The molecular weight excluding hydrogens is 941 g/mol. The number of fused-ring (bicyclic) bond motifs is 8. The van der Waals surface area contributed by atoms with E-state index in [-0.39, 0.29) is 10.8 Å². The Hall–Kier alpha value is -8.46. The first kappa shape index (κ1) is 49.1. The second kappa shape index (κ2) is 18.6. The van der Waals surface area contributed by atoms with Crippen LogP contribution in [0.4, 0.5) is 0 Å². The van der Waals surface area contributed by atoms with Crippen LogP contribution in [0.15, 0.2) is 206 Å². The summed E-state index contributed by atoms with van der Waals surface area (Å²) < 4.78 is 4.90. The first-order chi connectivity index (χ1) is 37.6. The smallest absolute Gasteiger partial charge is 0.0491 e. The highest BCUT2D eigenvalue weighted by atomic mass is 15.0. The van der Waals surface area contributed by atoms with Gasteiger partial charge in [-0.2, -0.15) is 0 Å². The van der Waals surface area contributed by atoms with E-state index in [0.717, 1.165) is 13.1 Å².